The van der Waals surface area contributed by atoms with Gasteiger partial charge in [-0.05, 0) is 37.1 Å². The predicted molar refractivity (Wildman–Crippen MR) is 117 cm³/mol. The van der Waals surface area contributed by atoms with E-state index in [0.717, 1.165) is 24.5 Å². The van der Waals surface area contributed by atoms with Gasteiger partial charge in [0.2, 0.25) is 0 Å². The van der Waals surface area contributed by atoms with Crippen LogP contribution in [0.1, 0.15) is 30.0 Å². The van der Waals surface area contributed by atoms with Crippen molar-refractivity contribution in [3.05, 3.63) is 71.8 Å². The molecule has 0 amide bonds. The summed E-state index contributed by atoms with van der Waals surface area (Å²) in [5, 5.41) is 8.80. The third-order valence-electron chi connectivity index (χ3n) is 5.78. The van der Waals surface area contributed by atoms with E-state index in [1.165, 1.54) is 12.1 Å². The number of fused-ring (bicyclic) bond motifs is 1. The predicted octanol–water partition coefficient (Wildman–Crippen LogP) is 3.70. The van der Waals surface area contributed by atoms with Crippen molar-refractivity contribution in [2.45, 2.75) is 25.5 Å². The highest BCUT2D eigenvalue weighted by atomic mass is 19.1. The number of benzene rings is 1. The van der Waals surface area contributed by atoms with E-state index in [1.54, 1.807) is 28.7 Å². The molecule has 1 aliphatic rings. The topological polar surface area (TPSA) is 69.7 Å². The minimum atomic E-state index is -0.444. The van der Waals surface area contributed by atoms with Crippen molar-refractivity contribution in [1.82, 2.24) is 24.4 Å². The van der Waals surface area contributed by atoms with Crippen LogP contribution in [0.15, 0.2) is 49.1 Å². The SMILES string of the molecule is COCCOCc1cnn(-c2cnn3ccc(N4CCCC4c4cc(F)ccc4F)nc23)c1. The zero-order valence-corrected chi connectivity index (χ0v) is 18.2. The van der Waals surface area contributed by atoms with Crippen molar-refractivity contribution in [3.63, 3.8) is 0 Å². The monoisotopic (exact) mass is 454 g/mol. The second-order valence-electron chi connectivity index (χ2n) is 7.94. The minimum Gasteiger partial charge on any atom is -0.382 e. The van der Waals surface area contributed by atoms with Crippen molar-refractivity contribution in [2.24, 2.45) is 0 Å². The van der Waals surface area contributed by atoms with Gasteiger partial charge in [0.05, 0.1) is 38.3 Å². The lowest BCUT2D eigenvalue weighted by Gasteiger charge is -2.26. The van der Waals surface area contributed by atoms with Crippen LogP contribution in [0.3, 0.4) is 0 Å². The van der Waals surface area contributed by atoms with E-state index in [4.69, 9.17) is 14.5 Å². The Balaban J connectivity index is 1.43. The summed E-state index contributed by atoms with van der Waals surface area (Å²) in [6.45, 7) is 2.17. The molecule has 0 radical (unpaired) electrons. The molecular formula is C23H24F2N6O2. The van der Waals surface area contributed by atoms with Crippen LogP contribution in [0.2, 0.25) is 0 Å². The summed E-state index contributed by atoms with van der Waals surface area (Å²) in [5.74, 6) is -0.165. The van der Waals surface area contributed by atoms with Gasteiger partial charge in [0.15, 0.2) is 5.65 Å². The number of halogens is 2. The Bertz CT molecular complexity index is 1260. The number of ether oxygens (including phenoxy) is 2. The van der Waals surface area contributed by atoms with Gasteiger partial charge in [-0.25, -0.2) is 23.0 Å². The number of nitrogens with zero attached hydrogens (tertiary/aromatic N) is 6. The quantitative estimate of drug-likeness (QED) is 0.378. The summed E-state index contributed by atoms with van der Waals surface area (Å²) >= 11 is 0. The van der Waals surface area contributed by atoms with Crippen molar-refractivity contribution in [1.29, 1.82) is 0 Å². The van der Waals surface area contributed by atoms with E-state index in [-0.39, 0.29) is 6.04 Å². The number of aromatic nitrogens is 5. The zero-order valence-electron chi connectivity index (χ0n) is 18.2. The van der Waals surface area contributed by atoms with Gasteiger partial charge in [-0.15, -0.1) is 0 Å². The maximum absolute atomic E-state index is 14.5. The Labute approximate surface area is 189 Å². The van der Waals surface area contributed by atoms with Crippen LogP contribution in [-0.2, 0) is 16.1 Å². The summed E-state index contributed by atoms with van der Waals surface area (Å²) < 4.78 is 42.2. The van der Waals surface area contributed by atoms with E-state index >= 15 is 0 Å². The average Bonchev–Trinajstić information content (AvgIpc) is 3.57. The van der Waals surface area contributed by atoms with Crippen LogP contribution in [0.25, 0.3) is 11.3 Å². The van der Waals surface area contributed by atoms with Gasteiger partial charge in [-0.3, -0.25) is 0 Å². The molecule has 33 heavy (non-hydrogen) atoms. The Hall–Kier alpha value is -3.37. The third-order valence-corrected chi connectivity index (χ3v) is 5.78. The molecule has 1 saturated heterocycles. The van der Waals surface area contributed by atoms with Crippen LogP contribution in [0.4, 0.5) is 14.6 Å². The molecule has 4 heterocycles. The highest BCUT2D eigenvalue weighted by Gasteiger charge is 2.30. The molecule has 1 fully saturated rings. The first-order valence-electron chi connectivity index (χ1n) is 10.8. The van der Waals surface area contributed by atoms with E-state index in [9.17, 15) is 8.78 Å². The van der Waals surface area contributed by atoms with E-state index < -0.39 is 11.6 Å². The van der Waals surface area contributed by atoms with Gasteiger partial charge in [0, 0.05) is 37.2 Å². The lowest BCUT2D eigenvalue weighted by Crippen LogP contribution is -2.24. The smallest absolute Gasteiger partial charge is 0.183 e. The second kappa shape index (κ2) is 9.24. The first-order chi connectivity index (χ1) is 16.1. The molecule has 0 aliphatic carbocycles. The molecule has 5 rings (SSSR count). The number of hydrogen-bond donors (Lipinski definition) is 0. The fourth-order valence-corrected chi connectivity index (χ4v) is 4.20. The molecule has 1 aliphatic heterocycles. The molecule has 0 N–H and O–H groups in total. The third kappa shape index (κ3) is 4.31. The Morgan fingerprint density at radius 1 is 1.12 bits per heavy atom. The van der Waals surface area contributed by atoms with Gasteiger partial charge in [0.25, 0.3) is 0 Å². The van der Waals surface area contributed by atoms with Gasteiger partial charge in [-0.2, -0.15) is 10.2 Å². The van der Waals surface area contributed by atoms with Crippen LogP contribution in [-0.4, -0.2) is 51.2 Å². The average molecular weight is 454 g/mol. The Morgan fingerprint density at radius 3 is 2.91 bits per heavy atom. The highest BCUT2D eigenvalue weighted by Crippen LogP contribution is 2.37. The number of methoxy groups -OCH3 is 1. The summed E-state index contributed by atoms with van der Waals surface area (Å²) in [7, 11) is 1.63. The van der Waals surface area contributed by atoms with Crippen molar-refractivity contribution in [3.8, 4) is 5.69 Å². The van der Waals surface area contributed by atoms with Gasteiger partial charge in [0.1, 0.15) is 23.1 Å². The van der Waals surface area contributed by atoms with E-state index in [2.05, 4.69) is 10.2 Å². The molecule has 0 spiro atoms. The first kappa shape index (κ1) is 21.5. The zero-order chi connectivity index (χ0) is 22.8. The van der Waals surface area contributed by atoms with Crippen LogP contribution >= 0.6 is 0 Å². The fourth-order valence-electron chi connectivity index (χ4n) is 4.20. The van der Waals surface area contributed by atoms with Gasteiger partial charge in [-0.1, -0.05) is 0 Å². The second-order valence-corrected chi connectivity index (χ2v) is 7.94. The lowest BCUT2D eigenvalue weighted by molar-refractivity contribution is 0.0616. The maximum atomic E-state index is 14.5. The molecule has 8 nitrogen and oxygen atoms in total. The molecule has 0 bridgehead atoms. The van der Waals surface area contributed by atoms with Crippen LogP contribution in [0.5, 0.6) is 0 Å². The van der Waals surface area contributed by atoms with Crippen LogP contribution in [0, 0.1) is 11.6 Å². The van der Waals surface area contributed by atoms with Crippen molar-refractivity contribution < 1.29 is 18.3 Å². The Kier molecular flexibility index (Phi) is 6.01. The normalized spacial score (nSPS) is 16.2. The maximum Gasteiger partial charge on any atom is 0.183 e. The van der Waals surface area contributed by atoms with Crippen LogP contribution < -0.4 is 4.90 Å². The summed E-state index contributed by atoms with van der Waals surface area (Å²) in [5.41, 5.74) is 2.61. The molecule has 1 unspecified atom stereocenters. The molecule has 1 atom stereocenters. The first-order valence-corrected chi connectivity index (χ1v) is 10.8. The number of rotatable bonds is 8. The summed E-state index contributed by atoms with van der Waals surface area (Å²) in [6.07, 6.45) is 8.72. The molecule has 172 valence electrons. The molecular weight excluding hydrogens is 430 g/mol. The number of anilines is 1. The van der Waals surface area contributed by atoms with E-state index in [1.807, 2.05) is 23.4 Å². The molecule has 0 saturated carbocycles. The largest absolute Gasteiger partial charge is 0.382 e. The fraction of sp³-hybridized carbons (Fsp3) is 0.348. The lowest BCUT2D eigenvalue weighted by atomic mass is 10.0. The Morgan fingerprint density at radius 2 is 2.03 bits per heavy atom. The number of hydrogen-bond acceptors (Lipinski definition) is 6. The molecule has 10 heteroatoms. The van der Waals surface area contributed by atoms with E-state index in [0.29, 0.717) is 49.1 Å². The molecule has 3 aromatic heterocycles. The molecule has 4 aromatic rings. The minimum absolute atomic E-state index is 0.275. The summed E-state index contributed by atoms with van der Waals surface area (Å²) in [4.78, 5) is 6.84. The summed E-state index contributed by atoms with van der Waals surface area (Å²) in [6, 6.07) is 5.17. The van der Waals surface area contributed by atoms with Gasteiger partial charge < -0.3 is 14.4 Å². The highest BCUT2D eigenvalue weighted by molar-refractivity contribution is 5.61. The standard InChI is InChI=1S/C23H24F2N6O2/c1-32-9-10-33-15-16-12-26-31(14-16)21-13-27-30-8-6-22(28-23(21)30)29-7-2-3-20(29)18-11-17(24)4-5-19(18)25/h4-6,8,11-14,20H,2-3,7,9-10,15H2,1H3. The van der Waals surface area contributed by atoms with Crippen molar-refractivity contribution >= 4 is 11.5 Å². The molecule has 1 aromatic carbocycles. The van der Waals surface area contributed by atoms with Gasteiger partial charge >= 0.3 is 0 Å². The van der Waals surface area contributed by atoms with Crippen molar-refractivity contribution in [2.75, 3.05) is 31.8 Å².